The van der Waals surface area contributed by atoms with Crippen molar-refractivity contribution in [2.45, 2.75) is 36.8 Å². The van der Waals surface area contributed by atoms with Crippen molar-refractivity contribution in [3.05, 3.63) is 23.2 Å². The molecule has 100 valence electrons. The van der Waals surface area contributed by atoms with Gasteiger partial charge in [-0.3, -0.25) is 4.79 Å². The average molecular weight is 287 g/mol. The Labute approximate surface area is 117 Å². The summed E-state index contributed by atoms with van der Waals surface area (Å²) in [5, 5.41) is 3.35. The van der Waals surface area contributed by atoms with Crippen LogP contribution in [0.15, 0.2) is 23.1 Å². The highest BCUT2D eigenvalue weighted by Gasteiger charge is 2.15. The Morgan fingerprint density at radius 3 is 2.94 bits per heavy atom. The maximum atomic E-state index is 11.8. The van der Waals surface area contributed by atoms with E-state index in [4.69, 9.17) is 17.3 Å². The molecule has 1 atom stereocenters. The van der Waals surface area contributed by atoms with E-state index < -0.39 is 0 Å². The van der Waals surface area contributed by atoms with E-state index in [1.54, 1.807) is 18.2 Å². The lowest BCUT2D eigenvalue weighted by molar-refractivity contribution is -0.120. The first kappa shape index (κ1) is 15.2. The molecule has 1 rings (SSSR count). The smallest absolute Gasteiger partial charge is 0.233 e. The van der Waals surface area contributed by atoms with Crippen LogP contribution in [0, 0.1) is 0 Å². The molecule has 0 saturated carbocycles. The van der Waals surface area contributed by atoms with Gasteiger partial charge in [0.2, 0.25) is 5.91 Å². The number of nitrogens with two attached hydrogens (primary N) is 1. The Kier molecular flexibility index (Phi) is 6.36. The van der Waals surface area contributed by atoms with Crippen molar-refractivity contribution in [3.8, 4) is 0 Å². The lowest BCUT2D eigenvalue weighted by Gasteiger charge is -2.13. The first-order valence-electron chi connectivity index (χ1n) is 6.04. The molecule has 1 aromatic carbocycles. The summed E-state index contributed by atoms with van der Waals surface area (Å²) >= 11 is 7.49. The number of hydrogen-bond donors (Lipinski definition) is 2. The van der Waals surface area contributed by atoms with E-state index in [1.807, 2.05) is 6.92 Å². The predicted octanol–water partition coefficient (Wildman–Crippen LogP) is 3.32. The number of benzene rings is 1. The van der Waals surface area contributed by atoms with Gasteiger partial charge in [-0.05, 0) is 31.5 Å². The Morgan fingerprint density at radius 2 is 2.28 bits per heavy atom. The SMILES string of the molecule is CCCCNC(=O)C(C)Sc1cc(N)ccc1Cl. The molecule has 3 N–H and O–H groups in total. The van der Waals surface area contributed by atoms with E-state index in [0.29, 0.717) is 10.7 Å². The van der Waals surface area contributed by atoms with Gasteiger partial charge in [0.1, 0.15) is 0 Å². The molecule has 0 spiro atoms. The second-order valence-corrected chi connectivity index (χ2v) is 5.88. The number of nitrogen functional groups attached to an aromatic ring is 1. The zero-order chi connectivity index (χ0) is 13.5. The lowest BCUT2D eigenvalue weighted by atomic mass is 10.3. The van der Waals surface area contributed by atoms with Crippen molar-refractivity contribution < 1.29 is 4.79 Å². The number of anilines is 1. The molecular formula is C13H19ClN2OS. The van der Waals surface area contributed by atoms with E-state index in [2.05, 4.69) is 12.2 Å². The van der Waals surface area contributed by atoms with Crippen LogP contribution in [-0.2, 0) is 4.79 Å². The third-order valence-corrected chi connectivity index (χ3v) is 4.06. The van der Waals surface area contributed by atoms with Crippen LogP contribution in [0.5, 0.6) is 0 Å². The zero-order valence-electron chi connectivity index (χ0n) is 10.7. The molecule has 1 amide bonds. The van der Waals surface area contributed by atoms with Gasteiger partial charge in [0, 0.05) is 17.1 Å². The van der Waals surface area contributed by atoms with Gasteiger partial charge in [-0.25, -0.2) is 0 Å². The summed E-state index contributed by atoms with van der Waals surface area (Å²) < 4.78 is 0. The van der Waals surface area contributed by atoms with Gasteiger partial charge >= 0.3 is 0 Å². The van der Waals surface area contributed by atoms with Crippen LogP contribution >= 0.6 is 23.4 Å². The molecule has 1 unspecified atom stereocenters. The van der Waals surface area contributed by atoms with Gasteiger partial charge in [-0.2, -0.15) is 0 Å². The fraction of sp³-hybridized carbons (Fsp3) is 0.462. The molecule has 0 heterocycles. The number of thioether (sulfide) groups is 1. The van der Waals surface area contributed by atoms with Gasteiger partial charge in [0.15, 0.2) is 0 Å². The average Bonchev–Trinajstić information content (AvgIpc) is 2.34. The fourth-order valence-electron chi connectivity index (χ4n) is 1.39. The zero-order valence-corrected chi connectivity index (χ0v) is 12.3. The molecule has 18 heavy (non-hydrogen) atoms. The number of hydrogen-bond acceptors (Lipinski definition) is 3. The monoisotopic (exact) mass is 286 g/mol. The number of rotatable bonds is 6. The second kappa shape index (κ2) is 7.54. The highest BCUT2D eigenvalue weighted by molar-refractivity contribution is 8.00. The highest BCUT2D eigenvalue weighted by atomic mass is 35.5. The first-order chi connectivity index (χ1) is 8.54. The molecule has 0 aliphatic rings. The summed E-state index contributed by atoms with van der Waals surface area (Å²) in [5.74, 6) is 0.0342. The minimum atomic E-state index is -0.179. The van der Waals surface area contributed by atoms with Crippen LogP contribution in [0.25, 0.3) is 0 Å². The number of halogens is 1. The quantitative estimate of drug-likeness (QED) is 0.479. The van der Waals surface area contributed by atoms with Crippen molar-refractivity contribution >= 4 is 35.0 Å². The summed E-state index contributed by atoms with van der Waals surface area (Å²) in [6.07, 6.45) is 2.07. The molecule has 0 saturated heterocycles. The van der Waals surface area contributed by atoms with Crippen LogP contribution in [-0.4, -0.2) is 17.7 Å². The van der Waals surface area contributed by atoms with Crippen molar-refractivity contribution in [1.29, 1.82) is 0 Å². The minimum Gasteiger partial charge on any atom is -0.399 e. The van der Waals surface area contributed by atoms with E-state index in [1.165, 1.54) is 11.8 Å². The van der Waals surface area contributed by atoms with Gasteiger partial charge in [-0.15, -0.1) is 11.8 Å². The normalized spacial score (nSPS) is 12.2. The largest absolute Gasteiger partial charge is 0.399 e. The Morgan fingerprint density at radius 1 is 1.56 bits per heavy atom. The van der Waals surface area contributed by atoms with E-state index in [0.717, 1.165) is 24.3 Å². The molecule has 3 nitrogen and oxygen atoms in total. The minimum absolute atomic E-state index is 0.0342. The standard InChI is InChI=1S/C13H19ClN2OS/c1-3-4-7-16-13(17)9(2)18-12-8-10(15)5-6-11(12)14/h5-6,8-9H,3-4,7,15H2,1-2H3,(H,16,17). The van der Waals surface area contributed by atoms with Gasteiger partial charge < -0.3 is 11.1 Å². The number of amides is 1. The van der Waals surface area contributed by atoms with Crippen LogP contribution in [0.2, 0.25) is 5.02 Å². The van der Waals surface area contributed by atoms with Crippen molar-refractivity contribution in [2.24, 2.45) is 0 Å². The van der Waals surface area contributed by atoms with Gasteiger partial charge in [0.05, 0.1) is 10.3 Å². The van der Waals surface area contributed by atoms with E-state index in [9.17, 15) is 4.79 Å². The van der Waals surface area contributed by atoms with Crippen LogP contribution in [0.4, 0.5) is 5.69 Å². The van der Waals surface area contributed by atoms with E-state index in [-0.39, 0.29) is 11.2 Å². The molecule has 1 aromatic rings. The Hall–Kier alpha value is -0.870. The molecular weight excluding hydrogens is 268 g/mol. The Balaban J connectivity index is 2.55. The highest BCUT2D eigenvalue weighted by Crippen LogP contribution is 2.31. The van der Waals surface area contributed by atoms with Crippen LogP contribution in [0.3, 0.4) is 0 Å². The molecule has 0 bridgehead atoms. The van der Waals surface area contributed by atoms with E-state index >= 15 is 0 Å². The number of carbonyl (C=O) groups excluding carboxylic acids is 1. The van der Waals surface area contributed by atoms with Gasteiger partial charge in [0.25, 0.3) is 0 Å². The van der Waals surface area contributed by atoms with Crippen molar-refractivity contribution in [3.63, 3.8) is 0 Å². The molecule has 0 radical (unpaired) electrons. The van der Waals surface area contributed by atoms with Gasteiger partial charge in [-0.1, -0.05) is 24.9 Å². The molecule has 5 heteroatoms. The van der Waals surface area contributed by atoms with Crippen molar-refractivity contribution in [1.82, 2.24) is 5.32 Å². The summed E-state index contributed by atoms with van der Waals surface area (Å²) in [6, 6.07) is 5.29. The molecule has 0 aliphatic carbocycles. The maximum absolute atomic E-state index is 11.8. The summed E-state index contributed by atoms with van der Waals surface area (Å²) in [6.45, 7) is 4.69. The van der Waals surface area contributed by atoms with Crippen LogP contribution < -0.4 is 11.1 Å². The molecule has 0 aliphatic heterocycles. The number of unbranched alkanes of at least 4 members (excludes halogenated alkanes) is 1. The topological polar surface area (TPSA) is 55.1 Å². The number of carbonyl (C=O) groups is 1. The third kappa shape index (κ3) is 4.78. The molecule has 0 aromatic heterocycles. The Bertz CT molecular complexity index is 412. The summed E-state index contributed by atoms with van der Waals surface area (Å²) in [4.78, 5) is 12.7. The molecule has 0 fully saturated rings. The maximum Gasteiger partial charge on any atom is 0.233 e. The van der Waals surface area contributed by atoms with Crippen LogP contribution in [0.1, 0.15) is 26.7 Å². The summed E-state index contributed by atoms with van der Waals surface area (Å²) in [5.41, 5.74) is 6.36. The summed E-state index contributed by atoms with van der Waals surface area (Å²) in [7, 11) is 0. The predicted molar refractivity (Wildman–Crippen MR) is 79.1 cm³/mol. The third-order valence-electron chi connectivity index (χ3n) is 2.46. The number of nitrogens with one attached hydrogen (secondary N) is 1. The van der Waals surface area contributed by atoms with Crippen molar-refractivity contribution in [2.75, 3.05) is 12.3 Å². The lowest BCUT2D eigenvalue weighted by Crippen LogP contribution is -2.31. The first-order valence-corrected chi connectivity index (χ1v) is 7.29. The fourth-order valence-corrected chi connectivity index (χ4v) is 2.59. The second-order valence-electron chi connectivity index (χ2n) is 4.09.